The normalized spacial score (nSPS) is 21.5. The van der Waals surface area contributed by atoms with Crippen LogP contribution < -0.4 is 9.64 Å². The molecular weight excluding hydrogens is 557 g/mol. The Hall–Kier alpha value is -4.19. The Labute approximate surface area is 247 Å². The van der Waals surface area contributed by atoms with E-state index in [1.807, 2.05) is 41.3 Å². The maximum atomic E-state index is 14.8. The number of rotatable bonds is 4. The van der Waals surface area contributed by atoms with Gasteiger partial charge in [-0.05, 0) is 47.5 Å². The van der Waals surface area contributed by atoms with Crippen molar-refractivity contribution in [2.45, 2.75) is 18.0 Å². The van der Waals surface area contributed by atoms with Crippen LogP contribution in [0.5, 0.6) is 5.75 Å². The highest BCUT2D eigenvalue weighted by Gasteiger charge is 2.71. The maximum absolute atomic E-state index is 14.8. The molecule has 41 heavy (non-hydrogen) atoms. The average Bonchev–Trinajstić information content (AvgIpc) is 3.43. The van der Waals surface area contributed by atoms with Gasteiger partial charge in [-0.15, -0.1) is 0 Å². The summed E-state index contributed by atoms with van der Waals surface area (Å²) in [5, 5.41) is 0.927. The molecule has 7 rings (SSSR count). The summed E-state index contributed by atoms with van der Waals surface area (Å²) in [5.41, 5.74) is 1.59. The molecule has 2 aliphatic heterocycles. The summed E-state index contributed by atoms with van der Waals surface area (Å²) in [6.07, 6.45) is 3.75. The molecule has 3 atom stereocenters. The van der Waals surface area contributed by atoms with Gasteiger partial charge in [0.15, 0.2) is 17.3 Å². The largest absolute Gasteiger partial charge is 0.497 e. The van der Waals surface area contributed by atoms with E-state index < -0.39 is 23.4 Å². The highest BCUT2D eigenvalue weighted by molar-refractivity contribution is 6.34. The predicted molar refractivity (Wildman–Crippen MR) is 160 cm³/mol. The molecule has 3 unspecified atom stereocenters. The molecule has 0 N–H and O–H groups in total. The van der Waals surface area contributed by atoms with Crippen LogP contribution in [0.4, 0.5) is 5.69 Å². The lowest BCUT2D eigenvalue weighted by Gasteiger charge is -2.37. The lowest BCUT2D eigenvalue weighted by atomic mass is 9.64. The van der Waals surface area contributed by atoms with Crippen molar-refractivity contribution < 1.29 is 19.1 Å². The van der Waals surface area contributed by atoms with Crippen LogP contribution in [0.25, 0.3) is 6.08 Å². The molecule has 1 saturated heterocycles. The number of carbonyl (C=O) groups is 3. The number of benzene rings is 4. The van der Waals surface area contributed by atoms with Gasteiger partial charge < -0.3 is 9.64 Å². The van der Waals surface area contributed by atoms with E-state index in [9.17, 15) is 14.4 Å². The van der Waals surface area contributed by atoms with Crippen LogP contribution in [0, 0.1) is 5.41 Å². The second kappa shape index (κ2) is 9.44. The number of methoxy groups -OCH3 is 1. The van der Waals surface area contributed by atoms with Gasteiger partial charge >= 0.3 is 0 Å². The fraction of sp³-hybridized carbons (Fsp3) is 0.147. The van der Waals surface area contributed by atoms with E-state index in [1.54, 1.807) is 73.8 Å². The lowest BCUT2D eigenvalue weighted by molar-refractivity contribution is 0.0666. The highest BCUT2D eigenvalue weighted by Crippen LogP contribution is 2.61. The van der Waals surface area contributed by atoms with E-state index in [0.717, 1.165) is 5.56 Å². The Bertz CT molecular complexity index is 1780. The number of Topliss-reactive ketones (excluding diaryl/α,β-unsaturated/α-hetero) is 3. The molecule has 0 aromatic heterocycles. The third-order valence-electron chi connectivity index (χ3n) is 8.63. The first kappa shape index (κ1) is 25.8. The number of ketones is 3. The number of fused-ring (bicyclic) bond motifs is 5. The summed E-state index contributed by atoms with van der Waals surface area (Å²) in [6, 6.07) is 24.7. The van der Waals surface area contributed by atoms with Crippen LogP contribution in [0.2, 0.25) is 10.0 Å². The van der Waals surface area contributed by atoms with Crippen molar-refractivity contribution in [1.29, 1.82) is 0 Å². The van der Waals surface area contributed by atoms with Crippen LogP contribution >= 0.6 is 23.2 Å². The fourth-order valence-electron chi connectivity index (χ4n) is 6.97. The second-order valence-corrected chi connectivity index (χ2v) is 11.4. The highest BCUT2D eigenvalue weighted by atomic mass is 35.5. The van der Waals surface area contributed by atoms with E-state index in [1.165, 1.54) is 0 Å². The molecule has 2 heterocycles. The van der Waals surface area contributed by atoms with Gasteiger partial charge in [0.25, 0.3) is 0 Å². The molecule has 0 bridgehead atoms. The first-order chi connectivity index (χ1) is 19.9. The van der Waals surface area contributed by atoms with Crippen molar-refractivity contribution >= 4 is 52.3 Å². The van der Waals surface area contributed by atoms with Crippen LogP contribution in [-0.4, -0.2) is 36.5 Å². The smallest absolute Gasteiger partial charge is 0.186 e. The molecular formula is C34H23Cl2NO4. The summed E-state index contributed by atoms with van der Waals surface area (Å²) in [5.74, 6) is -1.22. The number of halogens is 2. The average molecular weight is 580 g/mol. The Kier molecular flexibility index (Phi) is 5.93. The number of carbonyl (C=O) groups excluding carboxylic acids is 3. The topological polar surface area (TPSA) is 63.7 Å². The van der Waals surface area contributed by atoms with Gasteiger partial charge in [-0.2, -0.15) is 0 Å². The summed E-state index contributed by atoms with van der Waals surface area (Å²) < 4.78 is 5.42. The summed E-state index contributed by atoms with van der Waals surface area (Å²) >= 11 is 13.2. The minimum Gasteiger partial charge on any atom is -0.497 e. The van der Waals surface area contributed by atoms with Gasteiger partial charge in [-0.1, -0.05) is 90.0 Å². The van der Waals surface area contributed by atoms with Gasteiger partial charge in [-0.25, -0.2) is 0 Å². The molecule has 1 spiro atoms. The molecule has 202 valence electrons. The van der Waals surface area contributed by atoms with Crippen molar-refractivity contribution in [1.82, 2.24) is 0 Å². The molecule has 3 aliphatic rings. The molecule has 0 radical (unpaired) electrons. The second-order valence-electron chi connectivity index (χ2n) is 10.5. The monoisotopic (exact) mass is 579 g/mol. The molecule has 1 fully saturated rings. The minimum atomic E-state index is -1.62. The zero-order valence-electron chi connectivity index (χ0n) is 21.9. The van der Waals surface area contributed by atoms with Crippen molar-refractivity contribution in [2.75, 3.05) is 12.0 Å². The van der Waals surface area contributed by atoms with Gasteiger partial charge in [0, 0.05) is 38.3 Å². The third kappa shape index (κ3) is 3.52. The number of hydrogen-bond donors (Lipinski definition) is 0. The molecule has 1 aliphatic carbocycles. The van der Waals surface area contributed by atoms with Crippen molar-refractivity contribution in [3.8, 4) is 5.75 Å². The van der Waals surface area contributed by atoms with Crippen LogP contribution in [-0.2, 0) is 0 Å². The summed E-state index contributed by atoms with van der Waals surface area (Å²) in [4.78, 5) is 46.0. The summed E-state index contributed by atoms with van der Waals surface area (Å²) in [7, 11) is 1.54. The summed E-state index contributed by atoms with van der Waals surface area (Å²) in [6.45, 7) is 0. The third-order valence-corrected chi connectivity index (χ3v) is 9.21. The molecule has 4 aromatic carbocycles. The van der Waals surface area contributed by atoms with E-state index in [2.05, 4.69) is 0 Å². The van der Waals surface area contributed by atoms with Crippen molar-refractivity contribution in [2.24, 2.45) is 5.41 Å². The van der Waals surface area contributed by atoms with E-state index >= 15 is 0 Å². The quantitative estimate of drug-likeness (QED) is 0.187. The number of ether oxygens (including phenoxy) is 1. The maximum Gasteiger partial charge on any atom is 0.186 e. The zero-order valence-corrected chi connectivity index (χ0v) is 23.4. The Morgan fingerprint density at radius 3 is 2.27 bits per heavy atom. The van der Waals surface area contributed by atoms with Gasteiger partial charge in [-0.3, -0.25) is 14.4 Å². The Morgan fingerprint density at radius 2 is 1.56 bits per heavy atom. The molecule has 4 aromatic rings. The molecule has 7 heteroatoms. The standard InChI is InChI=1S/C34H23Cl2NO4/c1-41-22-8-6-7-20(18-22)31(38)30-29(25-11-4-5-12-26(25)36)34(32(39)23-9-2-3-10-24(23)33(34)40)28-16-13-19-17-21(35)14-15-27(19)37(28)30/h2-18,28-30H,1H3. The van der Waals surface area contributed by atoms with Gasteiger partial charge in [0.2, 0.25) is 0 Å². The fourth-order valence-corrected chi connectivity index (χ4v) is 7.40. The van der Waals surface area contributed by atoms with Crippen molar-refractivity contribution in [3.05, 3.63) is 135 Å². The van der Waals surface area contributed by atoms with E-state index in [0.29, 0.717) is 43.7 Å². The number of hydrogen-bond acceptors (Lipinski definition) is 5. The lowest BCUT2D eigenvalue weighted by Crippen LogP contribution is -2.48. The van der Waals surface area contributed by atoms with E-state index in [-0.39, 0.29) is 17.3 Å². The molecule has 5 nitrogen and oxygen atoms in total. The minimum absolute atomic E-state index is 0.247. The first-order valence-electron chi connectivity index (χ1n) is 13.3. The van der Waals surface area contributed by atoms with Gasteiger partial charge in [0.1, 0.15) is 17.2 Å². The first-order valence-corrected chi connectivity index (χ1v) is 14.0. The number of anilines is 1. The van der Waals surface area contributed by atoms with Crippen LogP contribution in [0.15, 0.2) is 97.1 Å². The SMILES string of the molecule is COc1cccc(C(=O)C2C(c3ccccc3Cl)C3(C(=O)c4ccccc4C3=O)C3C=Cc4cc(Cl)ccc4N23)c1. The molecule has 0 saturated carbocycles. The molecule has 0 amide bonds. The van der Waals surface area contributed by atoms with Crippen LogP contribution in [0.3, 0.4) is 0 Å². The van der Waals surface area contributed by atoms with Crippen molar-refractivity contribution in [3.63, 3.8) is 0 Å². The van der Waals surface area contributed by atoms with E-state index in [4.69, 9.17) is 27.9 Å². The van der Waals surface area contributed by atoms with Gasteiger partial charge in [0.05, 0.1) is 13.2 Å². The van der Waals surface area contributed by atoms with Crippen LogP contribution in [0.1, 0.15) is 48.1 Å². The Balaban J connectivity index is 1.56. The predicted octanol–water partition coefficient (Wildman–Crippen LogP) is 7.32. The zero-order chi connectivity index (χ0) is 28.5. The Morgan fingerprint density at radius 1 is 0.854 bits per heavy atom. The number of nitrogens with zero attached hydrogens (tertiary/aromatic N) is 1.